The van der Waals surface area contributed by atoms with E-state index in [-0.39, 0.29) is 0 Å². The van der Waals surface area contributed by atoms with Gasteiger partial charge in [0.2, 0.25) is 0 Å². The van der Waals surface area contributed by atoms with Crippen molar-refractivity contribution in [1.29, 1.82) is 0 Å². The first kappa shape index (κ1) is 12.9. The third-order valence-electron chi connectivity index (χ3n) is 3.91. The number of rotatable bonds is 1. The number of thiophene rings is 1. The van der Waals surface area contributed by atoms with E-state index in [1.54, 1.807) is 0 Å². The largest absolute Gasteiger partial charge is 0.143 e. The minimum atomic E-state index is 0.998. The van der Waals surface area contributed by atoms with Crippen LogP contribution in [0.1, 0.15) is 5.56 Å². The summed E-state index contributed by atoms with van der Waals surface area (Å²) in [5.41, 5.74) is 3.86. The molecule has 0 N–H and O–H groups in total. The fourth-order valence-corrected chi connectivity index (χ4v) is 4.21. The quantitative estimate of drug-likeness (QED) is 0.391. The second-order valence-electron chi connectivity index (χ2n) is 5.31. The van der Waals surface area contributed by atoms with Gasteiger partial charge in [-0.25, -0.2) is 0 Å². The second-order valence-corrected chi connectivity index (χ2v) is 6.91. The lowest BCUT2D eigenvalue weighted by Gasteiger charge is -2.03. The minimum absolute atomic E-state index is 0.998. The lowest BCUT2D eigenvalue weighted by atomic mass is 10.0. The molecule has 0 aliphatic heterocycles. The topological polar surface area (TPSA) is 0 Å². The van der Waals surface area contributed by atoms with E-state index < -0.39 is 0 Å². The molecule has 0 spiro atoms. The van der Waals surface area contributed by atoms with Crippen LogP contribution >= 0.6 is 24.0 Å². The molecule has 1 aromatic heterocycles. The highest BCUT2D eigenvalue weighted by Gasteiger charge is 2.08. The van der Waals surface area contributed by atoms with Gasteiger partial charge in [-0.15, -0.1) is 24.0 Å². The van der Waals surface area contributed by atoms with Crippen LogP contribution in [0.2, 0.25) is 0 Å². The fourth-order valence-electron chi connectivity index (χ4n) is 2.84. The summed E-state index contributed by atoms with van der Waals surface area (Å²) >= 11 is 6.22. The summed E-state index contributed by atoms with van der Waals surface area (Å²) in [4.78, 5) is 0.998. The molecule has 2 heteroatoms. The van der Waals surface area contributed by atoms with Crippen molar-refractivity contribution >= 4 is 44.1 Å². The number of hydrogen-bond acceptors (Lipinski definition) is 2. The Labute approximate surface area is 133 Å². The molecule has 102 valence electrons. The molecule has 0 fully saturated rings. The standard InChI is InChI=1S/C19H14S2/c1-12-3-2-4-17-19(12)16-10-7-14(11-18(16)21-17)13-5-8-15(20)9-6-13/h2-11,20H,1H3. The molecule has 0 aliphatic carbocycles. The van der Waals surface area contributed by atoms with Crippen molar-refractivity contribution < 1.29 is 0 Å². The molecule has 0 nitrogen and oxygen atoms in total. The Kier molecular flexibility index (Phi) is 3.02. The van der Waals surface area contributed by atoms with Gasteiger partial charge < -0.3 is 0 Å². The molecule has 21 heavy (non-hydrogen) atoms. The highest BCUT2D eigenvalue weighted by molar-refractivity contribution is 7.80. The van der Waals surface area contributed by atoms with Gasteiger partial charge in [0.15, 0.2) is 0 Å². The Morgan fingerprint density at radius 3 is 2.38 bits per heavy atom. The Bertz CT molecular complexity index is 947. The summed E-state index contributed by atoms with van der Waals surface area (Å²) in [6.07, 6.45) is 0. The lowest BCUT2D eigenvalue weighted by molar-refractivity contribution is 1.47. The van der Waals surface area contributed by atoms with Crippen molar-refractivity contribution in [3.63, 3.8) is 0 Å². The summed E-state index contributed by atoms with van der Waals surface area (Å²) in [5.74, 6) is 0. The first-order valence-electron chi connectivity index (χ1n) is 6.94. The first-order valence-corrected chi connectivity index (χ1v) is 8.20. The first-order chi connectivity index (χ1) is 10.2. The third-order valence-corrected chi connectivity index (χ3v) is 5.32. The van der Waals surface area contributed by atoms with Crippen LogP contribution < -0.4 is 0 Å². The van der Waals surface area contributed by atoms with Crippen molar-refractivity contribution in [2.45, 2.75) is 11.8 Å². The molecule has 1 heterocycles. The third kappa shape index (κ3) is 2.15. The van der Waals surface area contributed by atoms with Gasteiger partial charge in [0, 0.05) is 25.1 Å². The molecular weight excluding hydrogens is 292 g/mol. The normalized spacial score (nSPS) is 11.3. The molecule has 0 saturated heterocycles. The molecule has 4 rings (SSSR count). The van der Waals surface area contributed by atoms with Crippen molar-refractivity contribution in [2.75, 3.05) is 0 Å². The lowest BCUT2D eigenvalue weighted by Crippen LogP contribution is -1.78. The van der Waals surface area contributed by atoms with Gasteiger partial charge in [-0.3, -0.25) is 0 Å². The second kappa shape index (κ2) is 4.90. The summed E-state index contributed by atoms with van der Waals surface area (Å²) in [7, 11) is 0. The van der Waals surface area contributed by atoms with Crippen LogP contribution in [0.5, 0.6) is 0 Å². The zero-order valence-electron chi connectivity index (χ0n) is 11.6. The zero-order chi connectivity index (χ0) is 14.4. The van der Waals surface area contributed by atoms with Crippen LogP contribution in [0, 0.1) is 6.92 Å². The van der Waals surface area contributed by atoms with Crippen LogP contribution in [-0.4, -0.2) is 0 Å². The van der Waals surface area contributed by atoms with Gasteiger partial charge in [-0.05, 0) is 47.9 Å². The Balaban J connectivity index is 1.96. The van der Waals surface area contributed by atoms with Crippen LogP contribution in [-0.2, 0) is 0 Å². The number of fused-ring (bicyclic) bond motifs is 3. The van der Waals surface area contributed by atoms with Gasteiger partial charge in [0.1, 0.15) is 0 Å². The molecule has 0 amide bonds. The smallest absolute Gasteiger partial charge is 0.0361 e. The van der Waals surface area contributed by atoms with Gasteiger partial charge in [0.25, 0.3) is 0 Å². The Morgan fingerprint density at radius 2 is 1.57 bits per heavy atom. The molecule has 0 atom stereocenters. The average Bonchev–Trinajstić information content (AvgIpc) is 2.86. The Hall–Kier alpha value is -1.77. The summed E-state index contributed by atoms with van der Waals surface area (Å²) in [6, 6.07) is 21.6. The van der Waals surface area contributed by atoms with Gasteiger partial charge >= 0.3 is 0 Å². The molecule has 3 aromatic carbocycles. The zero-order valence-corrected chi connectivity index (χ0v) is 13.3. The van der Waals surface area contributed by atoms with Crippen LogP contribution in [0.3, 0.4) is 0 Å². The monoisotopic (exact) mass is 306 g/mol. The molecule has 0 bridgehead atoms. The molecule has 0 unspecified atom stereocenters. The van der Waals surface area contributed by atoms with E-state index in [9.17, 15) is 0 Å². The van der Waals surface area contributed by atoms with Crippen molar-refractivity contribution in [2.24, 2.45) is 0 Å². The predicted octanol–water partition coefficient (Wildman–Crippen LogP) is 6.32. The fraction of sp³-hybridized carbons (Fsp3) is 0.0526. The van der Waals surface area contributed by atoms with E-state index in [0.29, 0.717) is 0 Å². The number of aryl methyl sites for hydroxylation is 1. The van der Waals surface area contributed by atoms with E-state index in [2.05, 4.69) is 68.1 Å². The van der Waals surface area contributed by atoms with Gasteiger partial charge in [0.05, 0.1) is 0 Å². The van der Waals surface area contributed by atoms with Crippen molar-refractivity contribution in [3.05, 3.63) is 66.2 Å². The van der Waals surface area contributed by atoms with Gasteiger partial charge in [-0.2, -0.15) is 0 Å². The van der Waals surface area contributed by atoms with Crippen molar-refractivity contribution in [3.8, 4) is 11.1 Å². The highest BCUT2D eigenvalue weighted by Crippen LogP contribution is 2.37. The Morgan fingerprint density at radius 1 is 0.810 bits per heavy atom. The molecule has 0 radical (unpaired) electrons. The molecule has 4 aromatic rings. The molecule has 0 saturated carbocycles. The maximum absolute atomic E-state index is 4.35. The highest BCUT2D eigenvalue weighted by atomic mass is 32.1. The summed E-state index contributed by atoms with van der Waals surface area (Å²) < 4.78 is 2.72. The number of benzene rings is 3. The van der Waals surface area contributed by atoms with E-state index in [1.165, 1.54) is 36.9 Å². The maximum atomic E-state index is 4.35. The van der Waals surface area contributed by atoms with Gasteiger partial charge in [-0.1, -0.05) is 36.4 Å². The van der Waals surface area contributed by atoms with Crippen molar-refractivity contribution in [1.82, 2.24) is 0 Å². The van der Waals surface area contributed by atoms with E-state index in [4.69, 9.17) is 0 Å². The summed E-state index contributed by atoms with van der Waals surface area (Å²) in [6.45, 7) is 2.19. The number of hydrogen-bond donors (Lipinski definition) is 1. The van der Waals surface area contributed by atoms with Crippen LogP contribution in [0.25, 0.3) is 31.3 Å². The maximum Gasteiger partial charge on any atom is 0.0361 e. The van der Waals surface area contributed by atoms with Crippen LogP contribution in [0.4, 0.5) is 0 Å². The minimum Gasteiger partial charge on any atom is -0.143 e. The van der Waals surface area contributed by atoms with Crippen LogP contribution in [0.15, 0.2) is 65.6 Å². The number of thiol groups is 1. The average molecular weight is 306 g/mol. The SMILES string of the molecule is Cc1cccc2sc3cc(-c4ccc(S)cc4)ccc3c12. The van der Waals surface area contributed by atoms with E-state index in [0.717, 1.165) is 4.90 Å². The van der Waals surface area contributed by atoms with E-state index in [1.807, 2.05) is 23.5 Å². The summed E-state index contributed by atoms with van der Waals surface area (Å²) in [5, 5.41) is 2.76. The molecule has 0 aliphatic rings. The van der Waals surface area contributed by atoms with E-state index >= 15 is 0 Å². The molecular formula is C19H14S2. The predicted molar refractivity (Wildman–Crippen MR) is 96.8 cm³/mol.